The van der Waals surface area contributed by atoms with E-state index < -0.39 is 5.41 Å². The highest BCUT2D eigenvalue weighted by atomic mass is 19.1. The van der Waals surface area contributed by atoms with Gasteiger partial charge in [-0.05, 0) is 30.5 Å². The summed E-state index contributed by atoms with van der Waals surface area (Å²) in [4.78, 5) is 24.1. The fourth-order valence-electron chi connectivity index (χ4n) is 2.63. The van der Waals surface area contributed by atoms with Crippen molar-refractivity contribution in [3.8, 4) is 0 Å². The molecule has 1 aromatic rings. The first-order valence-electron chi connectivity index (χ1n) is 7.38. The van der Waals surface area contributed by atoms with Crippen molar-refractivity contribution in [1.82, 2.24) is 10.6 Å². The number of halogens is 1. The molecule has 0 saturated heterocycles. The lowest BCUT2D eigenvalue weighted by molar-refractivity contribution is -0.132. The maximum absolute atomic E-state index is 13.0. The second kappa shape index (κ2) is 7.35. The Hall–Kier alpha value is -1.95. The van der Waals surface area contributed by atoms with E-state index in [4.69, 9.17) is 4.74 Å². The van der Waals surface area contributed by atoms with Crippen LogP contribution in [0.4, 0.5) is 4.39 Å². The summed E-state index contributed by atoms with van der Waals surface area (Å²) in [6, 6.07) is 6.01. The van der Waals surface area contributed by atoms with E-state index in [0.29, 0.717) is 13.2 Å². The summed E-state index contributed by atoms with van der Waals surface area (Å²) in [6.45, 7) is 0.777. The van der Waals surface area contributed by atoms with Crippen LogP contribution in [-0.4, -0.2) is 38.6 Å². The van der Waals surface area contributed by atoms with Gasteiger partial charge < -0.3 is 15.4 Å². The van der Waals surface area contributed by atoms with Crippen LogP contribution in [0.15, 0.2) is 24.3 Å². The van der Waals surface area contributed by atoms with Gasteiger partial charge in [0.2, 0.25) is 11.8 Å². The molecule has 0 aliphatic heterocycles. The molecule has 2 rings (SSSR count). The molecule has 0 bridgehead atoms. The van der Waals surface area contributed by atoms with Gasteiger partial charge in [-0.1, -0.05) is 18.6 Å². The van der Waals surface area contributed by atoms with Crippen LogP contribution in [-0.2, 0) is 19.7 Å². The van der Waals surface area contributed by atoms with Crippen LogP contribution in [0.5, 0.6) is 0 Å². The smallest absolute Gasteiger partial charge is 0.239 e. The molecule has 0 spiro atoms. The van der Waals surface area contributed by atoms with Crippen molar-refractivity contribution in [3.63, 3.8) is 0 Å². The van der Waals surface area contributed by atoms with Crippen molar-refractivity contribution >= 4 is 11.8 Å². The molecule has 6 heteroatoms. The third-order valence-electron chi connectivity index (χ3n) is 4.08. The third kappa shape index (κ3) is 3.62. The highest BCUT2D eigenvalue weighted by molar-refractivity contribution is 5.92. The second-order valence-electron chi connectivity index (χ2n) is 5.47. The standard InChI is InChI=1S/C16H21FN2O3/c1-22-10-9-18-14(20)11-19-15(21)16(7-2-8-16)12-3-5-13(17)6-4-12/h3-6H,2,7-11H2,1H3,(H,18,20)(H,19,21). The van der Waals surface area contributed by atoms with Gasteiger partial charge in [-0.25, -0.2) is 4.39 Å². The number of carbonyl (C=O) groups excluding carboxylic acids is 2. The second-order valence-corrected chi connectivity index (χ2v) is 5.47. The molecule has 0 aromatic heterocycles. The van der Waals surface area contributed by atoms with E-state index in [0.717, 1.165) is 24.8 Å². The monoisotopic (exact) mass is 308 g/mol. The molecule has 1 aliphatic carbocycles. The van der Waals surface area contributed by atoms with Gasteiger partial charge in [0.05, 0.1) is 18.6 Å². The zero-order chi connectivity index (χ0) is 16.0. The highest BCUT2D eigenvalue weighted by Gasteiger charge is 2.45. The van der Waals surface area contributed by atoms with E-state index in [-0.39, 0.29) is 24.2 Å². The number of carbonyl (C=O) groups is 2. The molecule has 0 atom stereocenters. The Labute approximate surface area is 129 Å². The largest absolute Gasteiger partial charge is 0.383 e. The zero-order valence-electron chi connectivity index (χ0n) is 12.7. The fraction of sp³-hybridized carbons (Fsp3) is 0.500. The van der Waals surface area contributed by atoms with Crippen molar-refractivity contribution in [3.05, 3.63) is 35.6 Å². The van der Waals surface area contributed by atoms with Gasteiger partial charge in [0, 0.05) is 13.7 Å². The SMILES string of the molecule is COCCNC(=O)CNC(=O)C1(c2ccc(F)cc2)CCC1. The van der Waals surface area contributed by atoms with Crippen LogP contribution in [0.2, 0.25) is 0 Å². The number of methoxy groups -OCH3 is 1. The van der Waals surface area contributed by atoms with Crippen LogP contribution >= 0.6 is 0 Å². The van der Waals surface area contributed by atoms with Gasteiger partial charge >= 0.3 is 0 Å². The van der Waals surface area contributed by atoms with Crippen molar-refractivity contribution in [2.45, 2.75) is 24.7 Å². The first-order valence-corrected chi connectivity index (χ1v) is 7.38. The number of benzene rings is 1. The predicted molar refractivity (Wildman–Crippen MR) is 79.8 cm³/mol. The molecular formula is C16H21FN2O3. The van der Waals surface area contributed by atoms with Gasteiger partial charge in [-0.3, -0.25) is 9.59 Å². The topological polar surface area (TPSA) is 67.4 Å². The number of hydrogen-bond donors (Lipinski definition) is 2. The van der Waals surface area contributed by atoms with Crippen LogP contribution in [0.1, 0.15) is 24.8 Å². The third-order valence-corrected chi connectivity index (χ3v) is 4.08. The highest BCUT2D eigenvalue weighted by Crippen LogP contribution is 2.43. The van der Waals surface area contributed by atoms with E-state index in [1.54, 1.807) is 19.2 Å². The summed E-state index contributed by atoms with van der Waals surface area (Å²) >= 11 is 0. The van der Waals surface area contributed by atoms with E-state index in [9.17, 15) is 14.0 Å². The number of hydrogen-bond acceptors (Lipinski definition) is 3. The molecule has 2 N–H and O–H groups in total. The molecule has 5 nitrogen and oxygen atoms in total. The quantitative estimate of drug-likeness (QED) is 0.742. The maximum atomic E-state index is 13.0. The van der Waals surface area contributed by atoms with Gasteiger partial charge in [-0.2, -0.15) is 0 Å². The fourth-order valence-corrected chi connectivity index (χ4v) is 2.63. The molecule has 0 unspecified atom stereocenters. The Morgan fingerprint density at radius 1 is 1.23 bits per heavy atom. The van der Waals surface area contributed by atoms with Crippen molar-refractivity contribution in [2.24, 2.45) is 0 Å². The lowest BCUT2D eigenvalue weighted by Crippen LogP contribution is -2.51. The average molecular weight is 308 g/mol. The lowest BCUT2D eigenvalue weighted by Gasteiger charge is -2.40. The van der Waals surface area contributed by atoms with E-state index in [1.807, 2.05) is 0 Å². The van der Waals surface area contributed by atoms with Gasteiger partial charge in [0.1, 0.15) is 5.82 Å². The Morgan fingerprint density at radius 3 is 2.45 bits per heavy atom. The molecule has 1 fully saturated rings. The molecule has 1 saturated carbocycles. The van der Waals surface area contributed by atoms with Crippen LogP contribution < -0.4 is 10.6 Å². The predicted octanol–water partition coefficient (Wildman–Crippen LogP) is 1.13. The number of amides is 2. The average Bonchev–Trinajstić information content (AvgIpc) is 2.46. The minimum atomic E-state index is -0.624. The Bertz CT molecular complexity index is 527. The molecule has 0 radical (unpaired) electrons. The van der Waals surface area contributed by atoms with Crippen molar-refractivity contribution in [2.75, 3.05) is 26.8 Å². The normalized spacial score (nSPS) is 15.7. The van der Waals surface area contributed by atoms with E-state index >= 15 is 0 Å². The first-order chi connectivity index (χ1) is 10.6. The summed E-state index contributed by atoms with van der Waals surface area (Å²) in [7, 11) is 1.55. The lowest BCUT2D eigenvalue weighted by atomic mass is 9.64. The molecule has 0 heterocycles. The number of nitrogens with one attached hydrogen (secondary N) is 2. The molecule has 1 aromatic carbocycles. The van der Waals surface area contributed by atoms with Crippen LogP contribution in [0.3, 0.4) is 0 Å². The number of ether oxygens (including phenoxy) is 1. The molecule has 1 aliphatic rings. The van der Waals surface area contributed by atoms with Crippen molar-refractivity contribution in [1.29, 1.82) is 0 Å². The summed E-state index contributed by atoms with van der Waals surface area (Å²) < 4.78 is 17.9. The van der Waals surface area contributed by atoms with E-state index in [2.05, 4.69) is 10.6 Å². The molecule has 120 valence electrons. The Kier molecular flexibility index (Phi) is 5.49. The Morgan fingerprint density at radius 2 is 1.91 bits per heavy atom. The van der Waals surface area contributed by atoms with Crippen molar-refractivity contribution < 1.29 is 18.7 Å². The minimum absolute atomic E-state index is 0.0640. The Balaban J connectivity index is 1.92. The maximum Gasteiger partial charge on any atom is 0.239 e. The molecule has 2 amide bonds. The summed E-state index contributed by atoms with van der Waals surface area (Å²) in [5.74, 6) is -0.748. The minimum Gasteiger partial charge on any atom is -0.383 e. The first kappa shape index (κ1) is 16.4. The van der Waals surface area contributed by atoms with Gasteiger partial charge in [-0.15, -0.1) is 0 Å². The zero-order valence-corrected chi connectivity index (χ0v) is 12.7. The van der Waals surface area contributed by atoms with E-state index in [1.165, 1.54) is 12.1 Å². The summed E-state index contributed by atoms with van der Waals surface area (Å²) in [6.07, 6.45) is 2.39. The summed E-state index contributed by atoms with van der Waals surface area (Å²) in [5.41, 5.74) is 0.179. The van der Waals surface area contributed by atoms with Gasteiger partial charge in [0.25, 0.3) is 0 Å². The number of rotatable bonds is 7. The van der Waals surface area contributed by atoms with Crippen LogP contribution in [0, 0.1) is 5.82 Å². The van der Waals surface area contributed by atoms with Gasteiger partial charge in [0.15, 0.2) is 0 Å². The summed E-state index contributed by atoms with van der Waals surface area (Å²) in [5, 5.41) is 5.33. The molecule has 22 heavy (non-hydrogen) atoms. The molecular weight excluding hydrogens is 287 g/mol. The van der Waals surface area contributed by atoms with Crippen LogP contribution in [0.25, 0.3) is 0 Å².